The van der Waals surface area contributed by atoms with E-state index < -0.39 is 0 Å². The largest absolute Gasteiger partial charge is 0.352 e. The van der Waals surface area contributed by atoms with Gasteiger partial charge in [-0.05, 0) is 44.5 Å². The lowest BCUT2D eigenvalue weighted by Gasteiger charge is -2.28. The van der Waals surface area contributed by atoms with Gasteiger partial charge in [-0.1, -0.05) is 12.1 Å². The lowest BCUT2D eigenvalue weighted by atomic mass is 10.1. The van der Waals surface area contributed by atoms with Crippen LogP contribution in [0.25, 0.3) is 0 Å². The molecule has 1 N–H and O–H groups in total. The number of nitrogens with zero attached hydrogens (tertiary/aromatic N) is 3. The number of hydrogen-bond donors (Lipinski definition) is 1. The molecule has 0 spiro atoms. The van der Waals surface area contributed by atoms with Gasteiger partial charge in [-0.25, -0.2) is 0 Å². The van der Waals surface area contributed by atoms with Crippen LogP contribution in [0.2, 0.25) is 0 Å². The first kappa shape index (κ1) is 18.0. The second-order valence-electron chi connectivity index (χ2n) is 6.44. The summed E-state index contributed by atoms with van der Waals surface area (Å²) in [4.78, 5) is 27.7. The summed E-state index contributed by atoms with van der Waals surface area (Å²) in [6, 6.07) is 9.40. The third kappa shape index (κ3) is 5.07. The fraction of sp³-hybridized carbons (Fsp3) is 0.500. The highest BCUT2D eigenvalue weighted by atomic mass is 16.2. The summed E-state index contributed by atoms with van der Waals surface area (Å²) < 4.78 is 0. The maximum absolute atomic E-state index is 12.5. The van der Waals surface area contributed by atoms with E-state index >= 15 is 0 Å². The monoisotopic (exact) mass is 328 g/mol. The quantitative estimate of drug-likeness (QED) is 0.814. The van der Waals surface area contributed by atoms with Crippen LogP contribution in [0, 0.1) is 11.3 Å². The highest BCUT2D eigenvalue weighted by Crippen LogP contribution is 2.18. The number of nitriles is 1. The zero-order chi connectivity index (χ0) is 17.7. The number of likely N-dealkylation sites (N-methyl/N-ethyl adjacent to an activating group) is 2. The summed E-state index contributed by atoms with van der Waals surface area (Å²) in [5, 5.41) is 11.8. The zero-order valence-electron chi connectivity index (χ0n) is 14.5. The van der Waals surface area contributed by atoms with Crippen LogP contribution >= 0.6 is 0 Å². The average Bonchev–Trinajstić information content (AvgIpc) is 3.37. The van der Waals surface area contributed by atoms with Crippen molar-refractivity contribution in [3.63, 3.8) is 0 Å². The normalized spacial score (nSPS) is 14.8. The van der Waals surface area contributed by atoms with Crippen molar-refractivity contribution in [3.05, 3.63) is 35.4 Å². The van der Waals surface area contributed by atoms with E-state index in [1.807, 2.05) is 37.1 Å². The summed E-state index contributed by atoms with van der Waals surface area (Å²) >= 11 is 0. The minimum absolute atomic E-state index is 0.0808. The van der Waals surface area contributed by atoms with Gasteiger partial charge in [0.05, 0.1) is 24.2 Å². The molecule has 1 unspecified atom stereocenters. The third-order valence-electron chi connectivity index (χ3n) is 4.21. The van der Waals surface area contributed by atoms with Crippen molar-refractivity contribution in [2.75, 3.05) is 20.6 Å². The van der Waals surface area contributed by atoms with Crippen LogP contribution in [0.5, 0.6) is 0 Å². The number of carbonyl (C=O) groups excluding carboxylic acids is 2. The van der Waals surface area contributed by atoms with Crippen LogP contribution in [0.15, 0.2) is 24.3 Å². The Morgan fingerprint density at radius 2 is 2.08 bits per heavy atom. The molecule has 0 radical (unpaired) electrons. The van der Waals surface area contributed by atoms with Crippen molar-refractivity contribution in [1.29, 1.82) is 5.26 Å². The Bertz CT molecular complexity index is 649. The lowest BCUT2D eigenvalue weighted by molar-refractivity contribution is -0.138. The minimum Gasteiger partial charge on any atom is -0.352 e. The van der Waals surface area contributed by atoms with Crippen LogP contribution in [-0.2, 0) is 16.1 Å². The molecule has 0 heterocycles. The standard InChI is InChI=1S/C18H24N4O2/c1-13(18(24)22(3)12-17(23)20-16-7-8-16)21(2)11-15-6-4-5-14(9-15)10-19/h4-6,9,13,16H,7-8,11-12H2,1-3H3,(H,20,23). The van der Waals surface area contributed by atoms with Gasteiger partial charge in [-0.15, -0.1) is 0 Å². The van der Waals surface area contributed by atoms with E-state index in [1.165, 1.54) is 4.90 Å². The maximum atomic E-state index is 12.5. The smallest absolute Gasteiger partial charge is 0.239 e. The van der Waals surface area contributed by atoms with Gasteiger partial charge >= 0.3 is 0 Å². The fourth-order valence-corrected chi connectivity index (χ4v) is 2.47. The first-order valence-corrected chi connectivity index (χ1v) is 8.14. The summed E-state index contributed by atoms with van der Waals surface area (Å²) in [6.45, 7) is 2.47. The minimum atomic E-state index is -0.352. The van der Waals surface area contributed by atoms with Crippen molar-refractivity contribution in [2.24, 2.45) is 0 Å². The maximum Gasteiger partial charge on any atom is 0.239 e. The number of hydrogen-bond acceptors (Lipinski definition) is 4. The molecule has 1 fully saturated rings. The Hall–Kier alpha value is -2.39. The first-order chi connectivity index (χ1) is 11.4. The van der Waals surface area contributed by atoms with Crippen LogP contribution in [0.3, 0.4) is 0 Å². The number of rotatable bonds is 7. The molecule has 0 saturated heterocycles. The molecule has 1 saturated carbocycles. The van der Waals surface area contributed by atoms with Crippen molar-refractivity contribution < 1.29 is 9.59 Å². The Labute approximate surface area is 143 Å². The van der Waals surface area contributed by atoms with Gasteiger partial charge in [0.25, 0.3) is 0 Å². The second kappa shape index (κ2) is 7.93. The van der Waals surface area contributed by atoms with Gasteiger partial charge in [0.1, 0.15) is 0 Å². The molecule has 2 amide bonds. The molecule has 1 atom stereocenters. The average molecular weight is 328 g/mol. The molecule has 1 aromatic carbocycles. The zero-order valence-corrected chi connectivity index (χ0v) is 14.5. The molecule has 1 aromatic rings. The SMILES string of the molecule is CC(C(=O)N(C)CC(=O)NC1CC1)N(C)Cc1cccc(C#N)c1. The van der Waals surface area contributed by atoms with E-state index in [4.69, 9.17) is 5.26 Å². The molecule has 1 aliphatic carbocycles. The molecule has 0 bridgehead atoms. The third-order valence-corrected chi connectivity index (χ3v) is 4.21. The summed E-state index contributed by atoms with van der Waals surface area (Å²) in [5.74, 6) is -0.204. The van der Waals surface area contributed by atoms with Gasteiger partial charge in [0, 0.05) is 19.6 Å². The number of carbonyl (C=O) groups is 2. The molecule has 1 aliphatic rings. The second-order valence-corrected chi connectivity index (χ2v) is 6.44. The van der Waals surface area contributed by atoms with Crippen LogP contribution in [0.4, 0.5) is 0 Å². The Morgan fingerprint density at radius 3 is 2.71 bits per heavy atom. The summed E-state index contributed by atoms with van der Waals surface area (Å²) in [5.41, 5.74) is 1.58. The van der Waals surface area contributed by atoms with E-state index in [0.717, 1.165) is 18.4 Å². The molecular weight excluding hydrogens is 304 g/mol. The first-order valence-electron chi connectivity index (χ1n) is 8.14. The fourth-order valence-electron chi connectivity index (χ4n) is 2.47. The van der Waals surface area contributed by atoms with Gasteiger partial charge in [-0.2, -0.15) is 5.26 Å². The topological polar surface area (TPSA) is 76.4 Å². The van der Waals surface area contributed by atoms with Gasteiger partial charge in [0.15, 0.2) is 0 Å². The van der Waals surface area contributed by atoms with Crippen molar-refractivity contribution in [2.45, 2.75) is 38.4 Å². The molecule has 128 valence electrons. The van der Waals surface area contributed by atoms with E-state index in [9.17, 15) is 9.59 Å². The molecular formula is C18H24N4O2. The van der Waals surface area contributed by atoms with Crippen LogP contribution < -0.4 is 5.32 Å². The Balaban J connectivity index is 1.88. The number of amides is 2. The van der Waals surface area contributed by atoms with Crippen LogP contribution in [0.1, 0.15) is 30.9 Å². The molecule has 24 heavy (non-hydrogen) atoms. The summed E-state index contributed by atoms with van der Waals surface area (Å²) in [7, 11) is 3.51. The molecule has 6 heteroatoms. The molecule has 0 aliphatic heterocycles. The highest BCUT2D eigenvalue weighted by Gasteiger charge is 2.26. The van der Waals surface area contributed by atoms with E-state index in [2.05, 4.69) is 11.4 Å². The molecule has 2 rings (SSSR count). The van der Waals surface area contributed by atoms with E-state index in [1.54, 1.807) is 13.1 Å². The predicted molar refractivity (Wildman–Crippen MR) is 90.9 cm³/mol. The molecule has 6 nitrogen and oxygen atoms in total. The van der Waals surface area contributed by atoms with Gasteiger partial charge < -0.3 is 10.2 Å². The van der Waals surface area contributed by atoms with Crippen molar-refractivity contribution in [3.8, 4) is 6.07 Å². The van der Waals surface area contributed by atoms with Crippen molar-refractivity contribution in [1.82, 2.24) is 15.1 Å². The van der Waals surface area contributed by atoms with Gasteiger partial charge in [-0.3, -0.25) is 14.5 Å². The van der Waals surface area contributed by atoms with Gasteiger partial charge in [0.2, 0.25) is 11.8 Å². The Kier molecular flexibility index (Phi) is 5.93. The Morgan fingerprint density at radius 1 is 1.38 bits per heavy atom. The number of benzene rings is 1. The lowest BCUT2D eigenvalue weighted by Crippen LogP contribution is -2.47. The van der Waals surface area contributed by atoms with Crippen molar-refractivity contribution >= 4 is 11.8 Å². The number of nitrogens with one attached hydrogen (secondary N) is 1. The highest BCUT2D eigenvalue weighted by molar-refractivity contribution is 5.87. The predicted octanol–water partition coefficient (Wildman–Crippen LogP) is 1.12. The van der Waals surface area contributed by atoms with E-state index in [0.29, 0.717) is 18.2 Å². The van der Waals surface area contributed by atoms with E-state index in [-0.39, 0.29) is 24.4 Å². The van der Waals surface area contributed by atoms with Crippen LogP contribution in [-0.4, -0.2) is 54.3 Å². The molecule has 0 aromatic heterocycles. The summed E-state index contributed by atoms with van der Waals surface area (Å²) in [6.07, 6.45) is 2.06.